The summed E-state index contributed by atoms with van der Waals surface area (Å²) in [4.78, 5) is 16.7. The number of amides is 1. The summed E-state index contributed by atoms with van der Waals surface area (Å²) in [5.74, 6) is 0.840. The Labute approximate surface area is 146 Å². The van der Waals surface area contributed by atoms with Crippen LogP contribution < -0.4 is 11.1 Å². The van der Waals surface area contributed by atoms with Gasteiger partial charge < -0.3 is 15.6 Å². The van der Waals surface area contributed by atoms with E-state index >= 15 is 0 Å². The van der Waals surface area contributed by atoms with E-state index < -0.39 is 0 Å². The van der Waals surface area contributed by atoms with Crippen molar-refractivity contribution in [1.82, 2.24) is 14.9 Å². The topological polar surface area (TPSA) is 72.9 Å². The van der Waals surface area contributed by atoms with Crippen molar-refractivity contribution in [1.29, 1.82) is 0 Å². The molecule has 0 spiro atoms. The van der Waals surface area contributed by atoms with Crippen molar-refractivity contribution in [3.05, 3.63) is 54.1 Å². The van der Waals surface area contributed by atoms with E-state index in [1.807, 2.05) is 42.5 Å². The number of fused-ring (bicyclic) bond motifs is 1. The largest absolute Gasteiger partial charge is 0.355 e. The third-order valence-electron chi connectivity index (χ3n) is 5.33. The van der Waals surface area contributed by atoms with Gasteiger partial charge in [-0.3, -0.25) is 4.79 Å². The number of carbonyl (C=O) groups excluding carboxylic acids is 1. The van der Waals surface area contributed by atoms with Gasteiger partial charge in [-0.05, 0) is 43.5 Å². The summed E-state index contributed by atoms with van der Waals surface area (Å²) in [6, 6.07) is 15.8. The van der Waals surface area contributed by atoms with Gasteiger partial charge in [0.2, 0.25) is 0 Å². The molecule has 128 valence electrons. The molecule has 5 heteroatoms. The molecule has 25 heavy (non-hydrogen) atoms. The van der Waals surface area contributed by atoms with Crippen LogP contribution in [-0.4, -0.2) is 29.1 Å². The van der Waals surface area contributed by atoms with Gasteiger partial charge in [0, 0.05) is 24.7 Å². The summed E-state index contributed by atoms with van der Waals surface area (Å²) in [5.41, 5.74) is 9.88. The number of hydrogen-bond acceptors (Lipinski definition) is 3. The Morgan fingerprint density at radius 3 is 2.52 bits per heavy atom. The summed E-state index contributed by atoms with van der Waals surface area (Å²) < 4.78 is 2.32. The van der Waals surface area contributed by atoms with Crippen molar-refractivity contribution < 1.29 is 4.79 Å². The summed E-state index contributed by atoms with van der Waals surface area (Å²) in [6.07, 6.45) is 3.35. The number of para-hydroxylation sites is 2. The predicted molar refractivity (Wildman–Crippen MR) is 99.4 cm³/mol. The smallest absolute Gasteiger partial charge is 0.251 e. The van der Waals surface area contributed by atoms with E-state index in [0.29, 0.717) is 12.1 Å². The summed E-state index contributed by atoms with van der Waals surface area (Å²) >= 11 is 0. The van der Waals surface area contributed by atoms with E-state index in [4.69, 9.17) is 10.7 Å². The van der Waals surface area contributed by atoms with Crippen LogP contribution in [-0.2, 0) is 5.54 Å². The molecule has 1 heterocycles. The average molecular weight is 334 g/mol. The second kappa shape index (κ2) is 6.01. The molecule has 1 amide bonds. The fraction of sp³-hybridized carbons (Fsp3) is 0.300. The molecule has 0 saturated heterocycles. The monoisotopic (exact) mass is 334 g/mol. The van der Waals surface area contributed by atoms with Crippen molar-refractivity contribution in [2.45, 2.75) is 24.8 Å². The first-order valence-electron chi connectivity index (χ1n) is 8.69. The van der Waals surface area contributed by atoms with E-state index in [1.165, 1.54) is 6.42 Å². The maximum atomic E-state index is 11.8. The fourth-order valence-electron chi connectivity index (χ4n) is 3.72. The van der Waals surface area contributed by atoms with E-state index in [0.717, 1.165) is 35.3 Å². The van der Waals surface area contributed by atoms with Crippen LogP contribution in [0.15, 0.2) is 48.5 Å². The lowest BCUT2D eigenvalue weighted by Crippen LogP contribution is -2.47. The SMILES string of the molecule is CNC(=O)c1ccc(-c2nc3ccccc3n2C2(CN)CCC2)cc1. The van der Waals surface area contributed by atoms with Crippen LogP contribution in [0, 0.1) is 0 Å². The third-order valence-corrected chi connectivity index (χ3v) is 5.33. The van der Waals surface area contributed by atoms with Crippen LogP contribution in [0.2, 0.25) is 0 Å². The Morgan fingerprint density at radius 1 is 1.20 bits per heavy atom. The van der Waals surface area contributed by atoms with Gasteiger partial charge in [0.25, 0.3) is 5.91 Å². The van der Waals surface area contributed by atoms with Gasteiger partial charge >= 0.3 is 0 Å². The molecule has 2 aromatic carbocycles. The van der Waals surface area contributed by atoms with E-state index in [9.17, 15) is 4.79 Å². The van der Waals surface area contributed by atoms with Gasteiger partial charge in [0.15, 0.2) is 0 Å². The molecule has 1 fully saturated rings. The molecule has 4 rings (SSSR count). The van der Waals surface area contributed by atoms with Crippen LogP contribution in [0.25, 0.3) is 22.4 Å². The van der Waals surface area contributed by atoms with E-state index in [-0.39, 0.29) is 11.4 Å². The highest BCUT2D eigenvalue weighted by atomic mass is 16.1. The van der Waals surface area contributed by atoms with Gasteiger partial charge in [-0.15, -0.1) is 0 Å². The molecule has 0 radical (unpaired) electrons. The normalized spacial score (nSPS) is 15.8. The highest BCUT2D eigenvalue weighted by Crippen LogP contribution is 2.43. The van der Waals surface area contributed by atoms with E-state index in [2.05, 4.69) is 16.0 Å². The molecule has 3 N–H and O–H groups in total. The molecule has 1 aliphatic rings. The zero-order valence-electron chi connectivity index (χ0n) is 14.3. The molecule has 1 aliphatic carbocycles. The van der Waals surface area contributed by atoms with Crippen LogP contribution in [0.5, 0.6) is 0 Å². The Morgan fingerprint density at radius 2 is 1.92 bits per heavy atom. The van der Waals surface area contributed by atoms with Gasteiger partial charge in [-0.25, -0.2) is 4.98 Å². The van der Waals surface area contributed by atoms with Crippen molar-refractivity contribution in [3.63, 3.8) is 0 Å². The fourth-order valence-corrected chi connectivity index (χ4v) is 3.72. The molecule has 5 nitrogen and oxygen atoms in total. The molecule has 0 bridgehead atoms. The second-order valence-corrected chi connectivity index (χ2v) is 6.70. The number of nitrogens with one attached hydrogen (secondary N) is 1. The predicted octanol–water partition coefficient (Wildman–Crippen LogP) is 2.90. The lowest BCUT2D eigenvalue weighted by atomic mass is 9.76. The molecule has 1 aromatic heterocycles. The number of nitrogens with two attached hydrogens (primary N) is 1. The zero-order chi connectivity index (χ0) is 17.4. The first kappa shape index (κ1) is 15.8. The van der Waals surface area contributed by atoms with Crippen LogP contribution in [0.3, 0.4) is 0 Å². The lowest BCUT2D eigenvalue weighted by Gasteiger charge is -2.43. The molecule has 1 saturated carbocycles. The van der Waals surface area contributed by atoms with Crippen molar-refractivity contribution >= 4 is 16.9 Å². The number of aromatic nitrogens is 2. The van der Waals surface area contributed by atoms with Crippen molar-refractivity contribution in [2.75, 3.05) is 13.6 Å². The number of carbonyl (C=O) groups is 1. The van der Waals surface area contributed by atoms with Gasteiger partial charge in [-0.2, -0.15) is 0 Å². The zero-order valence-corrected chi connectivity index (χ0v) is 14.3. The minimum absolute atomic E-state index is 0.0507. The average Bonchev–Trinajstić information content (AvgIpc) is 3.01. The van der Waals surface area contributed by atoms with Gasteiger partial charge in [0.1, 0.15) is 5.82 Å². The second-order valence-electron chi connectivity index (χ2n) is 6.70. The number of benzene rings is 2. The Bertz CT molecular complexity index is 917. The maximum absolute atomic E-state index is 11.8. The van der Waals surface area contributed by atoms with Crippen molar-refractivity contribution in [3.8, 4) is 11.4 Å². The van der Waals surface area contributed by atoms with Crippen molar-refractivity contribution in [2.24, 2.45) is 5.73 Å². The molecular weight excluding hydrogens is 312 g/mol. The quantitative estimate of drug-likeness (QED) is 0.770. The van der Waals surface area contributed by atoms with Crippen LogP contribution in [0.1, 0.15) is 29.6 Å². The number of nitrogens with zero attached hydrogens (tertiary/aromatic N) is 2. The summed E-state index contributed by atoms with van der Waals surface area (Å²) in [6.45, 7) is 0.608. The van der Waals surface area contributed by atoms with Gasteiger partial charge in [0.05, 0.1) is 16.6 Å². The standard InChI is InChI=1S/C20H22N4O/c1-22-19(25)15-9-7-14(8-10-15)18-23-16-5-2-3-6-17(16)24(18)20(13-21)11-4-12-20/h2-3,5-10H,4,11-13,21H2,1H3,(H,22,25). The maximum Gasteiger partial charge on any atom is 0.251 e. The Kier molecular flexibility index (Phi) is 3.81. The number of rotatable bonds is 4. The van der Waals surface area contributed by atoms with Crippen LogP contribution in [0.4, 0.5) is 0 Å². The third kappa shape index (κ3) is 2.43. The first-order chi connectivity index (χ1) is 12.2. The first-order valence-corrected chi connectivity index (χ1v) is 8.69. The van der Waals surface area contributed by atoms with Gasteiger partial charge in [-0.1, -0.05) is 24.3 Å². The molecular formula is C20H22N4O. The Balaban J connectivity index is 1.88. The number of imidazole rings is 1. The minimum atomic E-state index is -0.0857. The molecule has 3 aromatic rings. The summed E-state index contributed by atoms with van der Waals surface area (Å²) in [5, 5.41) is 2.65. The molecule has 0 atom stereocenters. The lowest BCUT2D eigenvalue weighted by molar-refractivity contribution is 0.0963. The van der Waals surface area contributed by atoms with Crippen LogP contribution >= 0.6 is 0 Å². The molecule has 0 unspecified atom stereocenters. The highest BCUT2D eigenvalue weighted by molar-refractivity contribution is 5.94. The minimum Gasteiger partial charge on any atom is -0.355 e. The summed E-state index contributed by atoms with van der Waals surface area (Å²) in [7, 11) is 1.64. The molecule has 0 aliphatic heterocycles. The Hall–Kier alpha value is -2.66. The highest BCUT2D eigenvalue weighted by Gasteiger charge is 2.40. The van der Waals surface area contributed by atoms with E-state index in [1.54, 1.807) is 7.05 Å². The number of hydrogen-bond donors (Lipinski definition) is 2.